The van der Waals surface area contributed by atoms with Crippen LogP contribution >= 0.6 is 24.0 Å². The molecule has 0 aliphatic carbocycles. The minimum Gasteiger partial charge on any atom is -0.374 e. The molecule has 1 fully saturated rings. The molecular formula is C14H31IN4O. The molecule has 1 unspecified atom stereocenters. The normalized spacial score (nSPS) is 20.4. The molecule has 0 spiro atoms. The van der Waals surface area contributed by atoms with Gasteiger partial charge in [-0.05, 0) is 20.4 Å². The summed E-state index contributed by atoms with van der Waals surface area (Å²) in [6.07, 6.45) is 2.64. The van der Waals surface area contributed by atoms with Crippen LogP contribution in [0.3, 0.4) is 0 Å². The van der Waals surface area contributed by atoms with Gasteiger partial charge in [0.15, 0.2) is 5.96 Å². The van der Waals surface area contributed by atoms with Crippen LogP contribution in [0.1, 0.15) is 26.7 Å². The minimum absolute atomic E-state index is 0. The summed E-state index contributed by atoms with van der Waals surface area (Å²) in [4.78, 5) is 9.22. The molecule has 120 valence electrons. The molecule has 0 amide bonds. The molecule has 1 aliphatic rings. The number of aliphatic imine (C=N–C) groups is 1. The Bertz CT molecular complexity index is 276. The monoisotopic (exact) mass is 398 g/mol. The molecule has 1 aliphatic heterocycles. The summed E-state index contributed by atoms with van der Waals surface area (Å²) in [7, 11) is 4.24. The van der Waals surface area contributed by atoms with Crippen molar-refractivity contribution in [1.82, 2.24) is 15.1 Å². The van der Waals surface area contributed by atoms with Crippen LogP contribution in [0.5, 0.6) is 0 Å². The Morgan fingerprint density at radius 2 is 2.20 bits per heavy atom. The molecule has 6 heteroatoms. The van der Waals surface area contributed by atoms with Gasteiger partial charge in [0.2, 0.25) is 0 Å². The van der Waals surface area contributed by atoms with Gasteiger partial charge in [0.05, 0.1) is 19.3 Å². The van der Waals surface area contributed by atoms with Crippen molar-refractivity contribution in [3.63, 3.8) is 0 Å². The van der Waals surface area contributed by atoms with Crippen molar-refractivity contribution in [3.8, 4) is 0 Å². The van der Waals surface area contributed by atoms with Crippen LogP contribution in [0.4, 0.5) is 0 Å². The van der Waals surface area contributed by atoms with Gasteiger partial charge in [-0.1, -0.05) is 13.3 Å². The first-order chi connectivity index (χ1) is 9.17. The Morgan fingerprint density at radius 3 is 2.80 bits per heavy atom. The average molecular weight is 398 g/mol. The second kappa shape index (κ2) is 11.6. The number of nitrogens with zero attached hydrogens (tertiary/aromatic N) is 3. The third kappa shape index (κ3) is 7.64. The van der Waals surface area contributed by atoms with E-state index in [1.165, 1.54) is 12.8 Å². The lowest BCUT2D eigenvalue weighted by Crippen LogP contribution is -2.43. The van der Waals surface area contributed by atoms with Gasteiger partial charge in [0.25, 0.3) is 0 Å². The van der Waals surface area contributed by atoms with E-state index < -0.39 is 0 Å². The largest absolute Gasteiger partial charge is 0.374 e. The maximum atomic E-state index is 5.74. The van der Waals surface area contributed by atoms with Crippen molar-refractivity contribution < 1.29 is 4.74 Å². The molecule has 1 atom stereocenters. The topological polar surface area (TPSA) is 40.1 Å². The van der Waals surface area contributed by atoms with Crippen LogP contribution in [-0.4, -0.2) is 75.3 Å². The highest BCUT2D eigenvalue weighted by molar-refractivity contribution is 14.0. The van der Waals surface area contributed by atoms with Crippen LogP contribution in [0.25, 0.3) is 0 Å². The van der Waals surface area contributed by atoms with Crippen molar-refractivity contribution in [3.05, 3.63) is 0 Å². The minimum atomic E-state index is 0. The fourth-order valence-corrected chi connectivity index (χ4v) is 2.14. The van der Waals surface area contributed by atoms with Gasteiger partial charge < -0.3 is 19.9 Å². The highest BCUT2D eigenvalue weighted by Crippen LogP contribution is 2.03. The quantitative estimate of drug-likeness (QED) is 0.420. The van der Waals surface area contributed by atoms with Crippen LogP contribution < -0.4 is 5.32 Å². The van der Waals surface area contributed by atoms with E-state index in [9.17, 15) is 0 Å². The van der Waals surface area contributed by atoms with E-state index in [1.54, 1.807) is 0 Å². The standard InChI is InChI=1S/C14H30N4O.HI/c1-5-7-8-18(4)14(15-6-2)16-11-13-12-17(3)9-10-19-13;/h13H,5-12H2,1-4H3,(H,15,16);1H. The van der Waals surface area contributed by atoms with Crippen LogP contribution in [0.15, 0.2) is 4.99 Å². The fraction of sp³-hybridized carbons (Fsp3) is 0.929. The summed E-state index contributed by atoms with van der Waals surface area (Å²) in [5, 5.41) is 3.35. The number of hydrogen-bond donors (Lipinski definition) is 1. The molecule has 20 heavy (non-hydrogen) atoms. The third-order valence-electron chi connectivity index (χ3n) is 3.33. The van der Waals surface area contributed by atoms with Crippen molar-refractivity contribution in [1.29, 1.82) is 0 Å². The average Bonchev–Trinajstić information content (AvgIpc) is 2.41. The molecule has 1 heterocycles. The van der Waals surface area contributed by atoms with E-state index in [0.29, 0.717) is 0 Å². The van der Waals surface area contributed by atoms with Crippen molar-refractivity contribution >= 4 is 29.9 Å². The number of rotatable bonds is 6. The van der Waals surface area contributed by atoms with E-state index in [1.807, 2.05) is 0 Å². The number of ether oxygens (including phenoxy) is 1. The zero-order valence-electron chi connectivity index (χ0n) is 13.4. The smallest absolute Gasteiger partial charge is 0.193 e. The number of nitrogens with one attached hydrogen (secondary N) is 1. The first kappa shape index (κ1) is 19.9. The Balaban J connectivity index is 0.00000361. The zero-order valence-corrected chi connectivity index (χ0v) is 15.7. The van der Waals surface area contributed by atoms with Crippen LogP contribution in [0, 0.1) is 0 Å². The summed E-state index contributed by atoms with van der Waals surface area (Å²) in [6, 6.07) is 0. The van der Waals surface area contributed by atoms with Gasteiger partial charge in [-0.15, -0.1) is 24.0 Å². The predicted molar refractivity (Wildman–Crippen MR) is 96.2 cm³/mol. The number of unbranched alkanes of at least 4 members (excludes halogenated alkanes) is 1. The maximum absolute atomic E-state index is 5.74. The highest BCUT2D eigenvalue weighted by Gasteiger charge is 2.17. The van der Waals surface area contributed by atoms with E-state index in [-0.39, 0.29) is 30.1 Å². The molecule has 0 aromatic heterocycles. The summed E-state index contributed by atoms with van der Waals surface area (Å²) < 4.78 is 5.74. The van der Waals surface area contributed by atoms with Gasteiger partial charge in [-0.25, -0.2) is 0 Å². The van der Waals surface area contributed by atoms with E-state index in [4.69, 9.17) is 9.73 Å². The lowest BCUT2D eigenvalue weighted by Gasteiger charge is -2.29. The van der Waals surface area contributed by atoms with Crippen molar-refractivity contribution in [2.45, 2.75) is 32.8 Å². The SMILES string of the molecule is CCCCN(C)C(=NCC1CN(C)CCO1)NCC.I. The van der Waals surface area contributed by atoms with Crippen LogP contribution in [0.2, 0.25) is 0 Å². The Kier molecular flexibility index (Phi) is 11.5. The van der Waals surface area contributed by atoms with Crippen molar-refractivity contribution in [2.75, 3.05) is 53.4 Å². The molecule has 0 saturated carbocycles. The zero-order chi connectivity index (χ0) is 14.1. The molecule has 1 rings (SSSR count). The number of halogens is 1. The van der Waals surface area contributed by atoms with Gasteiger partial charge in [0, 0.05) is 33.2 Å². The highest BCUT2D eigenvalue weighted by atomic mass is 127. The molecule has 0 aromatic carbocycles. The second-order valence-corrected chi connectivity index (χ2v) is 5.22. The summed E-state index contributed by atoms with van der Waals surface area (Å²) in [6.45, 7) is 9.83. The van der Waals surface area contributed by atoms with Gasteiger partial charge in [0.1, 0.15) is 0 Å². The number of hydrogen-bond acceptors (Lipinski definition) is 3. The molecular weight excluding hydrogens is 367 g/mol. The lowest BCUT2D eigenvalue weighted by atomic mass is 10.3. The summed E-state index contributed by atoms with van der Waals surface area (Å²) in [5.74, 6) is 0.993. The predicted octanol–water partition coefficient (Wildman–Crippen LogP) is 1.63. The summed E-state index contributed by atoms with van der Waals surface area (Å²) in [5.41, 5.74) is 0. The fourth-order valence-electron chi connectivity index (χ4n) is 2.14. The first-order valence-corrected chi connectivity index (χ1v) is 7.47. The lowest BCUT2D eigenvalue weighted by molar-refractivity contribution is -0.0137. The summed E-state index contributed by atoms with van der Waals surface area (Å²) >= 11 is 0. The molecule has 1 N–H and O–H groups in total. The van der Waals surface area contributed by atoms with Gasteiger partial charge in [-0.3, -0.25) is 4.99 Å². The van der Waals surface area contributed by atoms with E-state index in [0.717, 1.165) is 45.3 Å². The van der Waals surface area contributed by atoms with E-state index in [2.05, 4.69) is 43.1 Å². The van der Waals surface area contributed by atoms with Crippen molar-refractivity contribution in [2.24, 2.45) is 4.99 Å². The number of likely N-dealkylation sites (N-methyl/N-ethyl adjacent to an activating group) is 1. The Labute approximate surface area is 141 Å². The molecule has 5 nitrogen and oxygen atoms in total. The third-order valence-corrected chi connectivity index (χ3v) is 3.33. The van der Waals surface area contributed by atoms with Gasteiger partial charge in [-0.2, -0.15) is 0 Å². The number of guanidine groups is 1. The number of morpholine rings is 1. The van der Waals surface area contributed by atoms with Crippen LogP contribution in [-0.2, 0) is 4.74 Å². The molecule has 1 saturated heterocycles. The van der Waals surface area contributed by atoms with E-state index >= 15 is 0 Å². The molecule has 0 radical (unpaired) electrons. The maximum Gasteiger partial charge on any atom is 0.193 e. The molecule has 0 aromatic rings. The Hall–Kier alpha value is -0.0800. The second-order valence-electron chi connectivity index (χ2n) is 5.22. The Morgan fingerprint density at radius 1 is 1.45 bits per heavy atom. The first-order valence-electron chi connectivity index (χ1n) is 7.47. The van der Waals surface area contributed by atoms with Gasteiger partial charge >= 0.3 is 0 Å². The molecule has 0 bridgehead atoms.